The number of aryl methyl sites for hydroxylation is 3. The Labute approximate surface area is 141 Å². The Balaban J connectivity index is 1.68. The van der Waals surface area contributed by atoms with E-state index in [0.717, 1.165) is 41.5 Å². The minimum absolute atomic E-state index is 0.00674. The number of nitrogens with one attached hydrogen (secondary N) is 1. The van der Waals surface area contributed by atoms with Gasteiger partial charge in [-0.05, 0) is 39.0 Å². The molecule has 0 fully saturated rings. The number of hydrogen-bond acceptors (Lipinski definition) is 4. The highest BCUT2D eigenvalue weighted by Crippen LogP contribution is 2.30. The van der Waals surface area contributed by atoms with Crippen molar-refractivity contribution in [3.63, 3.8) is 0 Å². The van der Waals surface area contributed by atoms with E-state index in [0.29, 0.717) is 12.3 Å². The first-order valence-corrected chi connectivity index (χ1v) is 9.07. The number of fused-ring (bicyclic) bond motifs is 1. The largest absolute Gasteiger partial charge is 0.302 e. The fourth-order valence-corrected chi connectivity index (χ4v) is 4.15. The van der Waals surface area contributed by atoms with E-state index in [9.17, 15) is 4.79 Å². The van der Waals surface area contributed by atoms with Crippen LogP contribution in [-0.4, -0.2) is 20.7 Å². The molecule has 1 aliphatic rings. The summed E-state index contributed by atoms with van der Waals surface area (Å²) in [6.45, 7) is 9.25. The molecule has 0 radical (unpaired) electrons. The molecule has 6 heteroatoms. The smallest absolute Gasteiger partial charge is 0.230 e. The van der Waals surface area contributed by atoms with Gasteiger partial charge in [-0.15, -0.1) is 11.3 Å². The predicted molar refractivity (Wildman–Crippen MR) is 93.0 cm³/mol. The summed E-state index contributed by atoms with van der Waals surface area (Å²) >= 11 is 1.62. The van der Waals surface area contributed by atoms with Crippen LogP contribution in [0, 0.1) is 19.8 Å². The zero-order chi connectivity index (χ0) is 16.6. The van der Waals surface area contributed by atoms with Gasteiger partial charge in [0, 0.05) is 22.7 Å². The van der Waals surface area contributed by atoms with Crippen molar-refractivity contribution in [2.75, 3.05) is 5.32 Å². The quantitative estimate of drug-likeness (QED) is 0.914. The second-order valence-corrected chi connectivity index (χ2v) is 7.78. The number of anilines is 1. The van der Waals surface area contributed by atoms with E-state index in [1.807, 2.05) is 18.5 Å². The van der Waals surface area contributed by atoms with Crippen LogP contribution in [0.4, 0.5) is 5.13 Å². The Morgan fingerprint density at radius 2 is 2.13 bits per heavy atom. The Morgan fingerprint density at radius 3 is 2.83 bits per heavy atom. The molecule has 5 nitrogen and oxygen atoms in total. The van der Waals surface area contributed by atoms with Crippen molar-refractivity contribution in [1.29, 1.82) is 0 Å². The SMILES string of the molecule is Cc1nn(CC(C)C)c(C)c1CC(=O)Nc1nc2c(s1)CCC2. The standard InChI is InChI=1S/C17H24N4OS/c1-10(2)9-21-12(4)13(11(3)20-21)8-16(22)19-17-18-14-6-5-7-15(14)23-17/h10H,5-9H2,1-4H3,(H,18,19,22). The van der Waals surface area contributed by atoms with Crippen LogP contribution >= 0.6 is 11.3 Å². The number of nitrogens with zero attached hydrogens (tertiary/aromatic N) is 3. The lowest BCUT2D eigenvalue weighted by Crippen LogP contribution is -2.15. The molecule has 0 spiro atoms. The zero-order valence-electron chi connectivity index (χ0n) is 14.3. The van der Waals surface area contributed by atoms with E-state index >= 15 is 0 Å². The summed E-state index contributed by atoms with van der Waals surface area (Å²) in [4.78, 5) is 18.2. The third-order valence-corrected chi connectivity index (χ3v) is 5.32. The maximum absolute atomic E-state index is 12.4. The first-order valence-electron chi connectivity index (χ1n) is 8.25. The molecule has 2 aromatic rings. The molecule has 3 rings (SSSR count). The van der Waals surface area contributed by atoms with Gasteiger partial charge in [0.2, 0.25) is 5.91 Å². The lowest BCUT2D eigenvalue weighted by atomic mass is 10.1. The molecular formula is C17H24N4OS. The van der Waals surface area contributed by atoms with Crippen molar-refractivity contribution in [2.24, 2.45) is 5.92 Å². The fourth-order valence-electron chi connectivity index (χ4n) is 3.08. The number of amides is 1. The highest BCUT2D eigenvalue weighted by molar-refractivity contribution is 7.15. The van der Waals surface area contributed by atoms with E-state index in [1.54, 1.807) is 11.3 Å². The van der Waals surface area contributed by atoms with Gasteiger partial charge >= 0.3 is 0 Å². The van der Waals surface area contributed by atoms with Gasteiger partial charge in [0.15, 0.2) is 5.13 Å². The van der Waals surface area contributed by atoms with Crippen molar-refractivity contribution >= 4 is 22.4 Å². The fraction of sp³-hybridized carbons (Fsp3) is 0.588. The second kappa shape index (κ2) is 6.43. The molecular weight excluding hydrogens is 308 g/mol. The molecule has 0 saturated carbocycles. The summed E-state index contributed by atoms with van der Waals surface area (Å²) in [6.07, 6.45) is 3.70. The van der Waals surface area contributed by atoms with Crippen LogP contribution in [0.3, 0.4) is 0 Å². The van der Waals surface area contributed by atoms with E-state index < -0.39 is 0 Å². The molecule has 23 heavy (non-hydrogen) atoms. The Hall–Kier alpha value is -1.69. The van der Waals surface area contributed by atoms with Gasteiger partial charge in [-0.25, -0.2) is 4.98 Å². The van der Waals surface area contributed by atoms with E-state index in [4.69, 9.17) is 0 Å². The van der Waals surface area contributed by atoms with E-state index in [1.165, 1.54) is 17.0 Å². The van der Waals surface area contributed by atoms with Gasteiger partial charge in [0.1, 0.15) is 0 Å². The average Bonchev–Trinajstić information content (AvgIpc) is 3.09. The van der Waals surface area contributed by atoms with E-state index in [2.05, 4.69) is 29.2 Å². The van der Waals surface area contributed by atoms with Gasteiger partial charge in [-0.3, -0.25) is 9.48 Å². The van der Waals surface area contributed by atoms with Crippen LogP contribution in [0.5, 0.6) is 0 Å². The summed E-state index contributed by atoms with van der Waals surface area (Å²) in [5.74, 6) is 0.528. The molecule has 2 heterocycles. The number of rotatable bonds is 5. The zero-order valence-corrected chi connectivity index (χ0v) is 15.1. The molecule has 1 aliphatic carbocycles. The highest BCUT2D eigenvalue weighted by atomic mass is 32.1. The summed E-state index contributed by atoms with van der Waals surface area (Å²) in [5.41, 5.74) is 4.24. The molecule has 0 aromatic carbocycles. The monoisotopic (exact) mass is 332 g/mol. The summed E-state index contributed by atoms with van der Waals surface area (Å²) in [5, 5.41) is 8.27. The first-order chi connectivity index (χ1) is 10.9. The van der Waals surface area contributed by atoms with Gasteiger partial charge in [-0.2, -0.15) is 5.10 Å². The van der Waals surface area contributed by atoms with Gasteiger partial charge in [0.05, 0.1) is 17.8 Å². The summed E-state index contributed by atoms with van der Waals surface area (Å²) in [6, 6.07) is 0. The second-order valence-electron chi connectivity index (χ2n) is 6.69. The normalized spacial score (nSPS) is 13.6. The molecule has 0 saturated heterocycles. The van der Waals surface area contributed by atoms with Crippen LogP contribution in [0.15, 0.2) is 0 Å². The number of hydrogen-bond donors (Lipinski definition) is 1. The maximum atomic E-state index is 12.4. The average molecular weight is 332 g/mol. The van der Waals surface area contributed by atoms with Crippen molar-refractivity contribution in [3.8, 4) is 0 Å². The van der Waals surface area contributed by atoms with Crippen LogP contribution in [0.1, 0.15) is 47.8 Å². The molecule has 0 aliphatic heterocycles. The topological polar surface area (TPSA) is 59.8 Å². The lowest BCUT2D eigenvalue weighted by Gasteiger charge is -2.08. The molecule has 0 unspecified atom stereocenters. The molecule has 0 bridgehead atoms. The van der Waals surface area contributed by atoms with Crippen LogP contribution < -0.4 is 5.32 Å². The van der Waals surface area contributed by atoms with Crippen molar-refractivity contribution < 1.29 is 4.79 Å². The first kappa shape index (κ1) is 16.2. The van der Waals surface area contributed by atoms with E-state index in [-0.39, 0.29) is 5.91 Å². The Morgan fingerprint density at radius 1 is 1.35 bits per heavy atom. The third-order valence-electron chi connectivity index (χ3n) is 4.25. The van der Waals surface area contributed by atoms with Crippen LogP contribution in [0.2, 0.25) is 0 Å². The highest BCUT2D eigenvalue weighted by Gasteiger charge is 2.19. The Kier molecular flexibility index (Phi) is 4.53. The molecule has 0 atom stereocenters. The number of thiazole rings is 1. The third kappa shape index (κ3) is 3.47. The molecule has 1 N–H and O–H groups in total. The van der Waals surface area contributed by atoms with Crippen molar-refractivity contribution in [2.45, 2.75) is 59.9 Å². The van der Waals surface area contributed by atoms with Gasteiger partial charge < -0.3 is 5.32 Å². The molecule has 2 aromatic heterocycles. The number of carbonyl (C=O) groups is 1. The van der Waals surface area contributed by atoms with Crippen LogP contribution in [0.25, 0.3) is 0 Å². The molecule has 1 amide bonds. The van der Waals surface area contributed by atoms with Gasteiger partial charge in [-0.1, -0.05) is 13.8 Å². The van der Waals surface area contributed by atoms with Crippen LogP contribution in [-0.2, 0) is 30.6 Å². The summed E-state index contributed by atoms with van der Waals surface area (Å²) < 4.78 is 2.01. The van der Waals surface area contributed by atoms with Gasteiger partial charge in [0.25, 0.3) is 0 Å². The molecule has 124 valence electrons. The maximum Gasteiger partial charge on any atom is 0.230 e. The minimum atomic E-state index is -0.00674. The minimum Gasteiger partial charge on any atom is -0.302 e. The Bertz CT molecular complexity index is 708. The summed E-state index contributed by atoms with van der Waals surface area (Å²) in [7, 11) is 0. The number of aromatic nitrogens is 3. The van der Waals surface area contributed by atoms with Crippen molar-refractivity contribution in [1.82, 2.24) is 14.8 Å². The van der Waals surface area contributed by atoms with Crippen molar-refractivity contribution in [3.05, 3.63) is 27.5 Å². The predicted octanol–water partition coefficient (Wildman–Crippen LogP) is 3.28. The number of carbonyl (C=O) groups excluding carboxylic acids is 1. The lowest BCUT2D eigenvalue weighted by molar-refractivity contribution is -0.115.